The normalized spacial score (nSPS) is 25.0. The molecule has 0 radical (unpaired) electrons. The highest BCUT2D eigenvalue weighted by Crippen LogP contribution is 2.20. The van der Waals surface area contributed by atoms with Gasteiger partial charge in [0.1, 0.15) is 0 Å². The molecule has 1 unspecified atom stereocenters. The van der Waals surface area contributed by atoms with Gasteiger partial charge in [0, 0.05) is 45.3 Å². The van der Waals surface area contributed by atoms with Gasteiger partial charge in [-0.2, -0.15) is 0 Å². The van der Waals surface area contributed by atoms with Gasteiger partial charge in [0.25, 0.3) is 0 Å². The number of likely N-dealkylation sites (tertiary alicyclic amines) is 1. The van der Waals surface area contributed by atoms with E-state index >= 15 is 0 Å². The first-order chi connectivity index (χ1) is 10.5. The summed E-state index contributed by atoms with van der Waals surface area (Å²) in [7, 11) is 0. The molecular formula is C16H31ClN4O2. The zero-order chi connectivity index (χ0) is 16.1. The summed E-state index contributed by atoms with van der Waals surface area (Å²) in [5.41, 5.74) is 0. The number of piperazine rings is 1. The Kier molecular flexibility index (Phi) is 8.12. The Morgan fingerprint density at radius 2 is 2.04 bits per heavy atom. The number of nitrogens with one attached hydrogen (secondary N) is 2. The second-order valence-corrected chi connectivity index (χ2v) is 6.95. The minimum Gasteiger partial charge on any atom is -0.338 e. The van der Waals surface area contributed by atoms with Gasteiger partial charge >= 0.3 is 6.03 Å². The maximum atomic E-state index is 12.7. The van der Waals surface area contributed by atoms with Crippen LogP contribution in [0, 0.1) is 11.8 Å². The Hall–Kier alpha value is -1.01. The van der Waals surface area contributed by atoms with Crippen molar-refractivity contribution < 1.29 is 9.59 Å². The van der Waals surface area contributed by atoms with Crippen molar-refractivity contribution in [3.63, 3.8) is 0 Å². The fraction of sp³-hybridized carbons (Fsp3) is 0.875. The largest absolute Gasteiger partial charge is 0.338 e. The van der Waals surface area contributed by atoms with Crippen molar-refractivity contribution in [2.75, 3.05) is 39.3 Å². The van der Waals surface area contributed by atoms with Gasteiger partial charge in [-0.3, -0.25) is 4.79 Å². The molecule has 0 aromatic rings. The summed E-state index contributed by atoms with van der Waals surface area (Å²) in [6.07, 6.45) is 1.80. The second kappa shape index (κ2) is 9.33. The third-order valence-corrected chi connectivity index (χ3v) is 4.50. The molecule has 2 aliphatic heterocycles. The Bertz CT molecular complexity index is 406. The summed E-state index contributed by atoms with van der Waals surface area (Å²) < 4.78 is 0. The summed E-state index contributed by atoms with van der Waals surface area (Å²) in [5.74, 6) is 0.613. The summed E-state index contributed by atoms with van der Waals surface area (Å²) in [5, 5.41) is 6.26. The standard InChI is InChI=1S/C16H30N4O2.ClH/c1-12(2)9-18-16(22)19-7-4-5-14(11-19)15(21)20-8-6-17-10-13(20)3;/h12-14,17H,4-11H2,1-3H3,(H,18,22);1H/t13-,14?;/m0./s1. The molecule has 2 N–H and O–H groups in total. The van der Waals surface area contributed by atoms with Crippen molar-refractivity contribution in [1.82, 2.24) is 20.4 Å². The van der Waals surface area contributed by atoms with E-state index in [1.54, 1.807) is 4.90 Å². The Morgan fingerprint density at radius 3 is 2.70 bits per heavy atom. The van der Waals surface area contributed by atoms with Crippen LogP contribution >= 0.6 is 12.4 Å². The zero-order valence-electron chi connectivity index (χ0n) is 14.5. The van der Waals surface area contributed by atoms with E-state index in [2.05, 4.69) is 31.4 Å². The highest BCUT2D eigenvalue weighted by molar-refractivity contribution is 5.85. The van der Waals surface area contributed by atoms with E-state index in [1.165, 1.54) is 0 Å². The number of amides is 3. The Balaban J connectivity index is 0.00000264. The molecule has 7 heteroatoms. The van der Waals surface area contributed by atoms with E-state index < -0.39 is 0 Å². The molecule has 0 aromatic carbocycles. The number of rotatable bonds is 3. The molecule has 2 rings (SSSR count). The average molecular weight is 347 g/mol. The van der Waals surface area contributed by atoms with Gasteiger partial charge < -0.3 is 20.4 Å². The van der Waals surface area contributed by atoms with Crippen LogP contribution in [0.25, 0.3) is 0 Å². The molecule has 0 aliphatic carbocycles. The SMILES string of the molecule is CC(C)CNC(=O)N1CCCC(C(=O)N2CCNC[C@@H]2C)C1.Cl. The predicted molar refractivity (Wildman–Crippen MR) is 93.8 cm³/mol. The molecule has 0 bridgehead atoms. The van der Waals surface area contributed by atoms with Crippen LogP contribution < -0.4 is 10.6 Å². The minimum absolute atomic E-state index is 0. The second-order valence-electron chi connectivity index (χ2n) is 6.95. The maximum absolute atomic E-state index is 12.7. The molecule has 2 saturated heterocycles. The molecule has 0 spiro atoms. The molecule has 134 valence electrons. The lowest BCUT2D eigenvalue weighted by Crippen LogP contribution is -2.56. The van der Waals surface area contributed by atoms with E-state index in [1.807, 2.05) is 4.90 Å². The lowest BCUT2D eigenvalue weighted by Gasteiger charge is -2.39. The molecule has 23 heavy (non-hydrogen) atoms. The average Bonchev–Trinajstić information content (AvgIpc) is 2.52. The van der Waals surface area contributed by atoms with Crippen LogP contribution in [0.1, 0.15) is 33.6 Å². The van der Waals surface area contributed by atoms with Gasteiger partial charge in [0.15, 0.2) is 0 Å². The molecule has 0 saturated carbocycles. The summed E-state index contributed by atoms with van der Waals surface area (Å²) in [6.45, 7) is 10.7. The Labute approximate surface area is 145 Å². The lowest BCUT2D eigenvalue weighted by molar-refractivity contribution is -0.139. The number of nitrogens with zero attached hydrogens (tertiary/aromatic N) is 2. The van der Waals surface area contributed by atoms with Crippen LogP contribution in [0.2, 0.25) is 0 Å². The highest BCUT2D eigenvalue weighted by atomic mass is 35.5. The number of hydrogen-bond acceptors (Lipinski definition) is 3. The van der Waals surface area contributed by atoms with Gasteiger partial charge in [-0.05, 0) is 25.7 Å². The van der Waals surface area contributed by atoms with Gasteiger partial charge in [-0.1, -0.05) is 13.8 Å². The highest BCUT2D eigenvalue weighted by Gasteiger charge is 2.33. The van der Waals surface area contributed by atoms with E-state index in [-0.39, 0.29) is 36.3 Å². The molecule has 2 heterocycles. The smallest absolute Gasteiger partial charge is 0.317 e. The molecule has 3 amide bonds. The van der Waals surface area contributed by atoms with Crippen LogP contribution in [-0.4, -0.2) is 67.0 Å². The number of carbonyl (C=O) groups is 2. The monoisotopic (exact) mass is 346 g/mol. The quantitative estimate of drug-likeness (QED) is 0.809. The van der Waals surface area contributed by atoms with Crippen LogP contribution in [0.4, 0.5) is 4.79 Å². The summed E-state index contributed by atoms with van der Waals surface area (Å²) >= 11 is 0. The molecular weight excluding hydrogens is 316 g/mol. The van der Waals surface area contributed by atoms with Gasteiger partial charge in [-0.15, -0.1) is 12.4 Å². The minimum atomic E-state index is -0.0425. The topological polar surface area (TPSA) is 64.7 Å². The number of piperidine rings is 1. The van der Waals surface area contributed by atoms with Crippen molar-refractivity contribution in [3.8, 4) is 0 Å². The van der Waals surface area contributed by atoms with Crippen LogP contribution in [0.5, 0.6) is 0 Å². The van der Waals surface area contributed by atoms with Crippen molar-refractivity contribution >= 4 is 24.3 Å². The fourth-order valence-corrected chi connectivity index (χ4v) is 3.17. The number of urea groups is 1. The van der Waals surface area contributed by atoms with E-state index in [0.29, 0.717) is 19.0 Å². The van der Waals surface area contributed by atoms with E-state index in [9.17, 15) is 9.59 Å². The molecule has 2 fully saturated rings. The first-order valence-electron chi connectivity index (χ1n) is 8.53. The van der Waals surface area contributed by atoms with Crippen molar-refractivity contribution in [3.05, 3.63) is 0 Å². The molecule has 6 nitrogen and oxygen atoms in total. The van der Waals surface area contributed by atoms with Crippen LogP contribution in [0.3, 0.4) is 0 Å². The van der Waals surface area contributed by atoms with Gasteiger partial charge in [0.05, 0.1) is 5.92 Å². The third kappa shape index (κ3) is 5.53. The number of hydrogen-bond donors (Lipinski definition) is 2. The van der Waals surface area contributed by atoms with Crippen molar-refractivity contribution in [2.45, 2.75) is 39.7 Å². The predicted octanol–water partition coefficient (Wildman–Crippen LogP) is 1.31. The number of carbonyl (C=O) groups excluding carboxylic acids is 2. The fourth-order valence-electron chi connectivity index (χ4n) is 3.17. The van der Waals surface area contributed by atoms with Crippen LogP contribution in [0.15, 0.2) is 0 Å². The van der Waals surface area contributed by atoms with E-state index in [4.69, 9.17) is 0 Å². The van der Waals surface area contributed by atoms with Gasteiger partial charge in [0.2, 0.25) is 5.91 Å². The first-order valence-corrected chi connectivity index (χ1v) is 8.53. The lowest BCUT2D eigenvalue weighted by atomic mass is 9.95. The van der Waals surface area contributed by atoms with Crippen molar-refractivity contribution in [2.24, 2.45) is 11.8 Å². The van der Waals surface area contributed by atoms with E-state index in [0.717, 1.165) is 39.0 Å². The zero-order valence-corrected chi connectivity index (χ0v) is 15.3. The van der Waals surface area contributed by atoms with Crippen LogP contribution in [-0.2, 0) is 4.79 Å². The van der Waals surface area contributed by atoms with Gasteiger partial charge in [-0.25, -0.2) is 4.79 Å². The summed E-state index contributed by atoms with van der Waals surface area (Å²) in [4.78, 5) is 28.7. The Morgan fingerprint density at radius 1 is 1.30 bits per heavy atom. The summed E-state index contributed by atoms with van der Waals surface area (Å²) in [6, 6.07) is 0.214. The number of halogens is 1. The third-order valence-electron chi connectivity index (χ3n) is 4.50. The molecule has 2 aliphatic rings. The maximum Gasteiger partial charge on any atom is 0.317 e. The first kappa shape index (κ1) is 20.0. The molecule has 0 aromatic heterocycles. The molecule has 2 atom stereocenters. The van der Waals surface area contributed by atoms with Crippen molar-refractivity contribution in [1.29, 1.82) is 0 Å².